The van der Waals surface area contributed by atoms with Crippen LogP contribution in [-0.4, -0.2) is 9.55 Å². The lowest BCUT2D eigenvalue weighted by molar-refractivity contribution is 0.572. The van der Waals surface area contributed by atoms with Crippen LogP contribution in [0, 0.1) is 0 Å². The smallest absolute Gasteiger partial charge is 0.307 e. The van der Waals surface area contributed by atoms with Crippen LogP contribution in [0.1, 0.15) is 25.0 Å². The third-order valence-electron chi connectivity index (χ3n) is 7.80. The molecule has 166 valence electrons. The second-order valence-corrected chi connectivity index (χ2v) is 10.0. The predicted octanol–water partition coefficient (Wildman–Crippen LogP) is 8.38. The summed E-state index contributed by atoms with van der Waals surface area (Å²) < 4.78 is 8.65. The summed E-state index contributed by atoms with van der Waals surface area (Å²) in [7, 11) is 0. The van der Waals surface area contributed by atoms with Crippen molar-refractivity contribution in [1.29, 1.82) is 0 Å². The van der Waals surface area contributed by atoms with Gasteiger partial charge in [-0.3, -0.25) is 4.57 Å². The number of hydrogen-bond acceptors (Lipinski definition) is 2. The minimum atomic E-state index is -0.174. The van der Waals surface area contributed by atoms with Gasteiger partial charge in [-0.25, -0.2) is 0 Å². The molecule has 0 N–H and O–H groups in total. The highest BCUT2D eigenvalue weighted by Gasteiger charge is 2.40. The van der Waals surface area contributed by atoms with E-state index in [2.05, 4.69) is 91.2 Å². The van der Waals surface area contributed by atoms with Gasteiger partial charge >= 0.3 is 6.01 Å². The van der Waals surface area contributed by atoms with Crippen LogP contribution < -0.4 is 0 Å². The molecule has 0 atom stereocenters. The minimum Gasteiger partial charge on any atom is -0.423 e. The lowest BCUT2D eigenvalue weighted by Gasteiger charge is -2.23. The number of fused-ring (bicyclic) bond motifs is 11. The number of aromatic nitrogens is 2. The van der Waals surface area contributed by atoms with E-state index in [9.17, 15) is 0 Å². The fraction of sp³-hybridized carbons (Fsp3) is 0.0938. The van der Waals surface area contributed by atoms with Crippen LogP contribution in [-0.2, 0) is 5.41 Å². The first-order valence-corrected chi connectivity index (χ1v) is 12.1. The quantitative estimate of drug-likeness (QED) is 0.251. The van der Waals surface area contributed by atoms with Gasteiger partial charge in [-0.05, 0) is 51.2 Å². The molecule has 1 aliphatic rings. The Morgan fingerprint density at radius 3 is 2.26 bits per heavy atom. The van der Waals surface area contributed by atoms with E-state index in [0.717, 1.165) is 16.6 Å². The van der Waals surface area contributed by atoms with Crippen molar-refractivity contribution in [3.05, 3.63) is 108 Å². The van der Waals surface area contributed by atoms with Crippen molar-refractivity contribution < 1.29 is 4.42 Å². The molecule has 0 amide bonds. The maximum absolute atomic E-state index is 6.40. The Labute approximate surface area is 202 Å². The van der Waals surface area contributed by atoms with Gasteiger partial charge in [-0.1, -0.05) is 92.7 Å². The van der Waals surface area contributed by atoms with Crippen molar-refractivity contribution in [2.75, 3.05) is 0 Å². The number of nitrogens with zero attached hydrogens (tertiary/aromatic N) is 2. The molecular weight excluding hydrogens is 428 g/mol. The fourth-order valence-electron chi connectivity index (χ4n) is 6.34. The highest BCUT2D eigenvalue weighted by atomic mass is 16.4. The molecule has 0 fully saturated rings. The molecule has 2 aromatic heterocycles. The number of rotatable bonds is 1. The first-order valence-electron chi connectivity index (χ1n) is 12.1. The molecular formula is C32H22N2O. The third kappa shape index (κ3) is 2.28. The van der Waals surface area contributed by atoms with Crippen LogP contribution in [0.3, 0.4) is 0 Å². The van der Waals surface area contributed by atoms with Crippen molar-refractivity contribution >= 4 is 43.7 Å². The normalized spacial score (nSPS) is 14.2. The van der Waals surface area contributed by atoms with Gasteiger partial charge in [-0.2, -0.15) is 4.98 Å². The molecule has 2 heterocycles. The lowest BCUT2D eigenvalue weighted by Crippen LogP contribution is -2.16. The number of para-hydroxylation sites is 3. The SMILES string of the molecule is CC1(C)c2ccccc2-c2c1c1c(c3ccccc23)c2ccccc2n1-c1nc2ccccc2o1. The Hall–Kier alpha value is -4.37. The van der Waals surface area contributed by atoms with Crippen molar-refractivity contribution in [1.82, 2.24) is 9.55 Å². The van der Waals surface area contributed by atoms with E-state index < -0.39 is 0 Å². The van der Waals surface area contributed by atoms with Crippen LogP contribution in [0.2, 0.25) is 0 Å². The molecule has 5 aromatic carbocycles. The molecule has 0 spiro atoms. The molecule has 0 bridgehead atoms. The van der Waals surface area contributed by atoms with Gasteiger partial charge in [0.2, 0.25) is 0 Å². The van der Waals surface area contributed by atoms with Gasteiger partial charge in [0.1, 0.15) is 5.52 Å². The third-order valence-corrected chi connectivity index (χ3v) is 7.80. The van der Waals surface area contributed by atoms with Gasteiger partial charge in [0.25, 0.3) is 0 Å². The zero-order chi connectivity index (χ0) is 23.3. The second kappa shape index (κ2) is 6.39. The maximum Gasteiger partial charge on any atom is 0.307 e. The molecule has 0 radical (unpaired) electrons. The molecule has 3 nitrogen and oxygen atoms in total. The summed E-state index contributed by atoms with van der Waals surface area (Å²) >= 11 is 0. The van der Waals surface area contributed by atoms with Gasteiger partial charge < -0.3 is 4.42 Å². The Morgan fingerprint density at radius 2 is 1.40 bits per heavy atom. The molecule has 0 saturated carbocycles. The van der Waals surface area contributed by atoms with E-state index in [1.807, 2.05) is 24.3 Å². The molecule has 0 aliphatic heterocycles. The number of oxazole rings is 1. The predicted molar refractivity (Wildman–Crippen MR) is 143 cm³/mol. The lowest BCUT2D eigenvalue weighted by atomic mass is 9.80. The van der Waals surface area contributed by atoms with Crippen LogP contribution in [0.4, 0.5) is 0 Å². The Bertz CT molecular complexity index is 1950. The van der Waals surface area contributed by atoms with E-state index in [1.165, 1.54) is 49.3 Å². The Morgan fingerprint density at radius 1 is 0.714 bits per heavy atom. The Kier molecular flexibility index (Phi) is 3.47. The highest BCUT2D eigenvalue weighted by Crippen LogP contribution is 2.56. The zero-order valence-electron chi connectivity index (χ0n) is 19.5. The first-order chi connectivity index (χ1) is 17.1. The van der Waals surface area contributed by atoms with Gasteiger partial charge in [-0.15, -0.1) is 0 Å². The van der Waals surface area contributed by atoms with E-state index in [-0.39, 0.29) is 5.41 Å². The van der Waals surface area contributed by atoms with E-state index in [4.69, 9.17) is 9.40 Å². The molecule has 35 heavy (non-hydrogen) atoms. The van der Waals surface area contributed by atoms with Crippen molar-refractivity contribution in [3.8, 4) is 17.1 Å². The highest BCUT2D eigenvalue weighted by molar-refractivity contribution is 6.26. The standard InChI is InChI=1S/C32H22N2O/c1-32(2)23-15-7-5-13-21(23)27-19-11-3-4-12-20(19)28-22-14-6-9-17-25(22)34(30(28)29(27)32)31-33-24-16-8-10-18-26(24)35-31/h3-18H,1-2H3. The maximum atomic E-state index is 6.40. The molecule has 7 aromatic rings. The summed E-state index contributed by atoms with van der Waals surface area (Å²) in [6, 6.07) is 34.9. The van der Waals surface area contributed by atoms with Gasteiger partial charge in [0.05, 0.1) is 11.0 Å². The zero-order valence-corrected chi connectivity index (χ0v) is 19.5. The van der Waals surface area contributed by atoms with Crippen molar-refractivity contribution in [2.45, 2.75) is 19.3 Å². The van der Waals surface area contributed by atoms with E-state index >= 15 is 0 Å². The molecule has 1 aliphatic carbocycles. The monoisotopic (exact) mass is 450 g/mol. The second-order valence-electron chi connectivity index (χ2n) is 10.0. The van der Waals surface area contributed by atoms with Crippen LogP contribution in [0.15, 0.2) is 101 Å². The fourth-order valence-corrected chi connectivity index (χ4v) is 6.34. The van der Waals surface area contributed by atoms with Crippen LogP contribution in [0.25, 0.3) is 60.8 Å². The van der Waals surface area contributed by atoms with E-state index in [1.54, 1.807) is 0 Å². The molecule has 0 saturated heterocycles. The summed E-state index contributed by atoms with van der Waals surface area (Å²) in [5, 5.41) is 5.04. The van der Waals surface area contributed by atoms with Crippen LogP contribution >= 0.6 is 0 Å². The van der Waals surface area contributed by atoms with Gasteiger partial charge in [0, 0.05) is 16.2 Å². The van der Waals surface area contributed by atoms with Gasteiger partial charge in [0.15, 0.2) is 5.58 Å². The number of benzene rings is 5. The van der Waals surface area contributed by atoms with Crippen LogP contribution in [0.5, 0.6) is 0 Å². The summed E-state index contributed by atoms with van der Waals surface area (Å²) in [6.07, 6.45) is 0. The summed E-state index contributed by atoms with van der Waals surface area (Å²) in [5.41, 5.74) is 9.14. The first kappa shape index (κ1) is 19.0. The summed E-state index contributed by atoms with van der Waals surface area (Å²) in [5.74, 6) is 0. The average Bonchev–Trinajstić information content (AvgIpc) is 3.53. The van der Waals surface area contributed by atoms with Crippen molar-refractivity contribution in [2.24, 2.45) is 0 Å². The molecule has 8 rings (SSSR count). The minimum absolute atomic E-state index is 0.174. The Balaban J connectivity index is 1.68. The van der Waals surface area contributed by atoms with Crippen molar-refractivity contribution in [3.63, 3.8) is 0 Å². The largest absolute Gasteiger partial charge is 0.423 e. The molecule has 0 unspecified atom stereocenters. The summed E-state index contributed by atoms with van der Waals surface area (Å²) in [4.78, 5) is 4.95. The molecule has 3 heteroatoms. The summed E-state index contributed by atoms with van der Waals surface area (Å²) in [6.45, 7) is 4.69. The van der Waals surface area contributed by atoms with E-state index in [0.29, 0.717) is 6.01 Å². The topological polar surface area (TPSA) is 31.0 Å². The average molecular weight is 451 g/mol. The number of hydrogen-bond donors (Lipinski definition) is 0.